The molecular weight excluding hydrogens is 254 g/mol. The SMILES string of the molecule is C=CCc1cc(CN)cc(OCC)c1OCCOCC. The first-order chi connectivity index (χ1) is 9.76. The van der Waals surface area contributed by atoms with Gasteiger partial charge in [-0.05, 0) is 31.9 Å². The molecule has 2 N–H and O–H groups in total. The van der Waals surface area contributed by atoms with Crippen LogP contribution < -0.4 is 15.2 Å². The number of hydrogen-bond donors (Lipinski definition) is 1. The van der Waals surface area contributed by atoms with Crippen molar-refractivity contribution in [3.05, 3.63) is 35.9 Å². The van der Waals surface area contributed by atoms with Crippen LogP contribution in [-0.2, 0) is 17.7 Å². The molecular formula is C16H25NO3. The van der Waals surface area contributed by atoms with Crippen LogP contribution in [0.25, 0.3) is 0 Å². The lowest BCUT2D eigenvalue weighted by Crippen LogP contribution is -2.10. The molecule has 0 fully saturated rings. The molecule has 0 spiro atoms. The summed E-state index contributed by atoms with van der Waals surface area (Å²) in [4.78, 5) is 0. The van der Waals surface area contributed by atoms with Crippen molar-refractivity contribution in [2.24, 2.45) is 5.73 Å². The average Bonchev–Trinajstić information content (AvgIpc) is 2.45. The zero-order valence-corrected chi connectivity index (χ0v) is 12.5. The second kappa shape index (κ2) is 9.39. The third kappa shape index (κ3) is 4.87. The van der Waals surface area contributed by atoms with Crippen LogP contribution >= 0.6 is 0 Å². The molecule has 0 radical (unpaired) electrons. The minimum atomic E-state index is 0.476. The van der Waals surface area contributed by atoms with Gasteiger partial charge in [-0.15, -0.1) is 6.58 Å². The molecule has 20 heavy (non-hydrogen) atoms. The molecule has 0 aliphatic carbocycles. The fourth-order valence-corrected chi connectivity index (χ4v) is 1.92. The minimum Gasteiger partial charge on any atom is -0.490 e. The highest BCUT2D eigenvalue weighted by molar-refractivity contribution is 5.50. The van der Waals surface area contributed by atoms with Gasteiger partial charge in [-0.3, -0.25) is 0 Å². The maximum atomic E-state index is 5.84. The second-order valence-electron chi connectivity index (χ2n) is 4.26. The van der Waals surface area contributed by atoms with Gasteiger partial charge >= 0.3 is 0 Å². The van der Waals surface area contributed by atoms with E-state index >= 15 is 0 Å². The van der Waals surface area contributed by atoms with Crippen molar-refractivity contribution in [3.8, 4) is 11.5 Å². The Hall–Kier alpha value is -1.52. The van der Waals surface area contributed by atoms with E-state index in [-0.39, 0.29) is 0 Å². The van der Waals surface area contributed by atoms with Gasteiger partial charge in [-0.2, -0.15) is 0 Å². The van der Waals surface area contributed by atoms with Gasteiger partial charge in [0.1, 0.15) is 6.61 Å². The van der Waals surface area contributed by atoms with E-state index in [0.29, 0.717) is 33.0 Å². The molecule has 0 saturated carbocycles. The Balaban J connectivity index is 2.97. The number of allylic oxidation sites excluding steroid dienone is 1. The third-order valence-corrected chi connectivity index (χ3v) is 2.77. The summed E-state index contributed by atoms with van der Waals surface area (Å²) in [7, 11) is 0. The predicted octanol–water partition coefficient (Wildman–Crippen LogP) is 2.69. The highest BCUT2D eigenvalue weighted by Gasteiger charge is 2.12. The van der Waals surface area contributed by atoms with Crippen molar-refractivity contribution in [3.63, 3.8) is 0 Å². The molecule has 0 bridgehead atoms. The van der Waals surface area contributed by atoms with Gasteiger partial charge in [0.15, 0.2) is 11.5 Å². The molecule has 0 aromatic heterocycles. The van der Waals surface area contributed by atoms with Crippen molar-refractivity contribution in [2.75, 3.05) is 26.4 Å². The highest BCUT2D eigenvalue weighted by atomic mass is 16.5. The van der Waals surface area contributed by atoms with Gasteiger partial charge < -0.3 is 19.9 Å². The number of ether oxygens (including phenoxy) is 3. The van der Waals surface area contributed by atoms with Gasteiger partial charge in [-0.1, -0.05) is 12.1 Å². The molecule has 0 unspecified atom stereocenters. The van der Waals surface area contributed by atoms with Crippen LogP contribution in [0.15, 0.2) is 24.8 Å². The largest absolute Gasteiger partial charge is 0.490 e. The first-order valence-corrected chi connectivity index (χ1v) is 7.06. The standard InChI is InChI=1S/C16H25NO3/c1-4-7-14-10-13(12-17)11-15(19-6-3)16(14)20-9-8-18-5-2/h4,10-11H,1,5-9,12,17H2,2-3H3. The van der Waals surface area contributed by atoms with Gasteiger partial charge in [0, 0.05) is 18.7 Å². The fourth-order valence-electron chi connectivity index (χ4n) is 1.92. The predicted molar refractivity (Wildman–Crippen MR) is 81.4 cm³/mol. The first kappa shape index (κ1) is 16.5. The summed E-state index contributed by atoms with van der Waals surface area (Å²) in [5.41, 5.74) is 7.80. The van der Waals surface area contributed by atoms with E-state index in [1.54, 1.807) is 0 Å². The monoisotopic (exact) mass is 279 g/mol. The highest BCUT2D eigenvalue weighted by Crippen LogP contribution is 2.33. The topological polar surface area (TPSA) is 53.7 Å². The lowest BCUT2D eigenvalue weighted by Gasteiger charge is -2.17. The molecule has 0 aliphatic heterocycles. The fraction of sp³-hybridized carbons (Fsp3) is 0.500. The Kier molecular flexibility index (Phi) is 7.77. The Morgan fingerprint density at radius 1 is 1.15 bits per heavy atom. The first-order valence-electron chi connectivity index (χ1n) is 7.06. The van der Waals surface area contributed by atoms with Gasteiger partial charge in [0.25, 0.3) is 0 Å². The molecule has 1 aromatic carbocycles. The molecule has 1 rings (SSSR count). The molecule has 0 heterocycles. The van der Waals surface area contributed by atoms with Crippen molar-refractivity contribution >= 4 is 0 Å². The summed E-state index contributed by atoms with van der Waals surface area (Å²) in [6.07, 6.45) is 2.57. The van der Waals surface area contributed by atoms with Crippen LogP contribution in [0.5, 0.6) is 11.5 Å². The number of hydrogen-bond acceptors (Lipinski definition) is 4. The molecule has 0 aliphatic rings. The number of benzene rings is 1. The summed E-state index contributed by atoms with van der Waals surface area (Å²) in [5.74, 6) is 1.51. The Labute approximate surface area is 121 Å². The van der Waals surface area contributed by atoms with Crippen LogP contribution in [-0.4, -0.2) is 26.4 Å². The number of nitrogens with two attached hydrogens (primary N) is 1. The molecule has 4 heteroatoms. The maximum Gasteiger partial charge on any atom is 0.164 e. The van der Waals surface area contributed by atoms with Crippen LogP contribution in [0, 0.1) is 0 Å². The summed E-state index contributed by atoms with van der Waals surface area (Å²) in [6, 6.07) is 3.98. The van der Waals surface area contributed by atoms with Gasteiger partial charge in [0.05, 0.1) is 13.2 Å². The normalized spacial score (nSPS) is 10.3. The molecule has 112 valence electrons. The van der Waals surface area contributed by atoms with E-state index in [9.17, 15) is 0 Å². The van der Waals surface area contributed by atoms with E-state index in [4.69, 9.17) is 19.9 Å². The third-order valence-electron chi connectivity index (χ3n) is 2.77. The van der Waals surface area contributed by atoms with Crippen LogP contribution in [0.2, 0.25) is 0 Å². The van der Waals surface area contributed by atoms with Crippen molar-refractivity contribution < 1.29 is 14.2 Å². The lowest BCUT2D eigenvalue weighted by atomic mass is 10.1. The van der Waals surface area contributed by atoms with Crippen LogP contribution in [0.4, 0.5) is 0 Å². The lowest BCUT2D eigenvalue weighted by molar-refractivity contribution is 0.108. The summed E-state index contributed by atoms with van der Waals surface area (Å²) < 4.78 is 16.8. The molecule has 1 aromatic rings. The Bertz CT molecular complexity index is 418. The summed E-state index contributed by atoms with van der Waals surface area (Å²) >= 11 is 0. The zero-order valence-electron chi connectivity index (χ0n) is 12.5. The molecule has 0 amide bonds. The van der Waals surface area contributed by atoms with Gasteiger partial charge in [0.2, 0.25) is 0 Å². The molecule has 4 nitrogen and oxygen atoms in total. The van der Waals surface area contributed by atoms with Crippen LogP contribution in [0.1, 0.15) is 25.0 Å². The van der Waals surface area contributed by atoms with E-state index in [0.717, 1.165) is 29.0 Å². The maximum absolute atomic E-state index is 5.84. The zero-order chi connectivity index (χ0) is 14.8. The smallest absolute Gasteiger partial charge is 0.164 e. The second-order valence-corrected chi connectivity index (χ2v) is 4.26. The van der Waals surface area contributed by atoms with Crippen molar-refractivity contribution in [2.45, 2.75) is 26.8 Å². The van der Waals surface area contributed by atoms with E-state index < -0.39 is 0 Å². The van der Waals surface area contributed by atoms with E-state index in [1.165, 1.54) is 0 Å². The van der Waals surface area contributed by atoms with Gasteiger partial charge in [-0.25, -0.2) is 0 Å². The van der Waals surface area contributed by atoms with E-state index in [1.807, 2.05) is 32.1 Å². The average molecular weight is 279 g/mol. The summed E-state index contributed by atoms with van der Waals surface area (Å²) in [5, 5.41) is 0. The Morgan fingerprint density at radius 2 is 1.95 bits per heavy atom. The summed E-state index contributed by atoms with van der Waals surface area (Å²) in [6.45, 7) is 10.5. The van der Waals surface area contributed by atoms with Crippen molar-refractivity contribution in [1.82, 2.24) is 0 Å². The molecule has 0 atom stereocenters. The number of rotatable bonds is 10. The quantitative estimate of drug-likeness (QED) is 0.528. The molecule has 0 saturated heterocycles. The minimum absolute atomic E-state index is 0.476. The van der Waals surface area contributed by atoms with Crippen LogP contribution in [0.3, 0.4) is 0 Å². The van der Waals surface area contributed by atoms with Crippen molar-refractivity contribution in [1.29, 1.82) is 0 Å². The Morgan fingerprint density at radius 3 is 2.55 bits per heavy atom. The van der Waals surface area contributed by atoms with E-state index in [2.05, 4.69) is 6.58 Å².